The molecule has 1 aliphatic rings. The topological polar surface area (TPSA) is 130 Å². The molecule has 5 aromatic rings. The third kappa shape index (κ3) is 3.63. The molecule has 10 heteroatoms. The Hall–Kier alpha value is -4.28. The maximum absolute atomic E-state index is 14.1. The van der Waals surface area contributed by atoms with E-state index in [9.17, 15) is 19.8 Å². The third-order valence-corrected chi connectivity index (χ3v) is 7.80. The molecule has 5 aromatic carbocycles. The van der Waals surface area contributed by atoms with Crippen molar-refractivity contribution < 1.29 is 38.6 Å². The van der Waals surface area contributed by atoms with E-state index >= 15 is 0 Å². The van der Waals surface area contributed by atoms with Crippen LogP contribution in [0.2, 0.25) is 0 Å². The molecule has 0 bridgehead atoms. The maximum atomic E-state index is 14.1. The molecule has 0 amide bonds. The highest BCUT2D eigenvalue weighted by atomic mass is 16.7. The van der Waals surface area contributed by atoms with Gasteiger partial charge in [0.05, 0.1) is 51.4 Å². The lowest BCUT2D eigenvalue weighted by molar-refractivity contribution is 0.125. The van der Waals surface area contributed by atoms with E-state index < -0.39 is 23.1 Å². The molecule has 0 radical (unpaired) electrons. The van der Waals surface area contributed by atoms with Crippen LogP contribution in [0.15, 0.2) is 21.7 Å². The van der Waals surface area contributed by atoms with Crippen molar-refractivity contribution in [2.24, 2.45) is 0 Å². The van der Waals surface area contributed by atoms with Crippen molar-refractivity contribution >= 4 is 43.1 Å². The Bertz CT molecular complexity index is 1820. The number of hydrogen-bond donors (Lipinski definition) is 2. The van der Waals surface area contributed by atoms with Gasteiger partial charge in [0.15, 0.2) is 11.5 Å². The molecule has 0 aliphatic carbocycles. The maximum Gasteiger partial charge on any atom is 0.232 e. The van der Waals surface area contributed by atoms with E-state index in [1.54, 1.807) is 26.0 Å². The first kappa shape index (κ1) is 26.9. The zero-order valence-electron chi connectivity index (χ0n) is 23.6. The first-order valence-corrected chi connectivity index (χ1v) is 13.2. The molecular formula is C31H30O10. The third-order valence-electron chi connectivity index (χ3n) is 7.80. The number of fused-ring (bicyclic) bond motifs is 1. The lowest BCUT2D eigenvalue weighted by atomic mass is 9.82. The standard InChI is InChI=1S/C31H30O10/c1-12(32)7-14-20-21-15(8-13(2)33)31(39-6)29(35)25-17(37-4)10-19-23(27(21)25)22-18(40-11-41-19)9-16(36-3)24(26(20)22)28(34)30(14)38-5/h9-10,12-13,32-33H,7-8,11H2,1-6H3. The Balaban J connectivity index is 2.13. The summed E-state index contributed by atoms with van der Waals surface area (Å²) in [7, 11) is 5.73. The molecule has 0 saturated carbocycles. The van der Waals surface area contributed by atoms with Crippen molar-refractivity contribution in [3.05, 3.63) is 43.7 Å². The molecule has 2 N–H and O–H groups in total. The van der Waals surface area contributed by atoms with Gasteiger partial charge in [-0.1, -0.05) is 0 Å². The van der Waals surface area contributed by atoms with Gasteiger partial charge in [0, 0.05) is 57.6 Å². The highest BCUT2D eigenvalue weighted by Gasteiger charge is 2.34. The van der Waals surface area contributed by atoms with Crippen molar-refractivity contribution in [2.75, 3.05) is 35.2 Å². The second-order valence-corrected chi connectivity index (χ2v) is 10.3. The summed E-state index contributed by atoms with van der Waals surface area (Å²) in [6, 6.07) is 3.27. The SMILES string of the molecule is COc1c(CC(C)O)c2c3c(CC(C)O)c(OC)c(=O)c4c(OC)cc5c(c6c(cc(OC)c(c1=O)c62)OCO5)c43. The average Bonchev–Trinajstić information content (AvgIpc) is 3.12. The van der Waals surface area contributed by atoms with Crippen LogP contribution in [0.25, 0.3) is 43.1 Å². The van der Waals surface area contributed by atoms with Gasteiger partial charge in [-0.05, 0) is 24.6 Å². The summed E-state index contributed by atoms with van der Waals surface area (Å²) < 4.78 is 34.9. The second kappa shape index (κ2) is 9.67. The summed E-state index contributed by atoms with van der Waals surface area (Å²) in [5, 5.41) is 25.0. The molecule has 0 spiro atoms. The van der Waals surface area contributed by atoms with Gasteiger partial charge in [-0.25, -0.2) is 0 Å². The smallest absolute Gasteiger partial charge is 0.232 e. The zero-order chi connectivity index (χ0) is 29.3. The minimum atomic E-state index is -0.848. The van der Waals surface area contributed by atoms with Gasteiger partial charge < -0.3 is 38.6 Å². The van der Waals surface area contributed by atoms with Gasteiger partial charge >= 0.3 is 0 Å². The summed E-state index contributed by atoms with van der Waals surface area (Å²) in [6.07, 6.45) is -1.56. The van der Waals surface area contributed by atoms with Crippen molar-refractivity contribution in [2.45, 2.75) is 38.9 Å². The van der Waals surface area contributed by atoms with E-state index in [0.29, 0.717) is 54.9 Å². The number of hydrogen-bond acceptors (Lipinski definition) is 10. The van der Waals surface area contributed by atoms with E-state index in [-0.39, 0.29) is 53.4 Å². The molecular weight excluding hydrogens is 532 g/mol. The molecule has 41 heavy (non-hydrogen) atoms. The highest BCUT2D eigenvalue weighted by molar-refractivity contribution is 6.38. The predicted molar refractivity (Wildman–Crippen MR) is 154 cm³/mol. The fourth-order valence-corrected chi connectivity index (χ4v) is 6.42. The van der Waals surface area contributed by atoms with Crippen LogP contribution in [0, 0.1) is 0 Å². The molecule has 6 rings (SSSR count). The van der Waals surface area contributed by atoms with Gasteiger partial charge in [0.25, 0.3) is 0 Å². The normalized spacial score (nSPS) is 14.3. The summed E-state index contributed by atoms with van der Waals surface area (Å²) in [6.45, 7) is 3.10. The number of methoxy groups -OCH3 is 4. The quantitative estimate of drug-likeness (QED) is 0.214. The van der Waals surface area contributed by atoms with E-state index in [1.807, 2.05) is 0 Å². The van der Waals surface area contributed by atoms with Gasteiger partial charge in [-0.2, -0.15) is 0 Å². The summed E-state index contributed by atoms with van der Waals surface area (Å²) in [4.78, 5) is 28.2. The molecule has 2 unspecified atom stereocenters. The van der Waals surface area contributed by atoms with Crippen LogP contribution < -0.4 is 39.3 Å². The number of rotatable bonds is 8. The fourth-order valence-electron chi connectivity index (χ4n) is 6.42. The van der Waals surface area contributed by atoms with Crippen molar-refractivity contribution in [3.63, 3.8) is 0 Å². The number of aliphatic hydroxyl groups excluding tert-OH is 2. The molecule has 0 aromatic heterocycles. The molecule has 0 saturated heterocycles. The molecule has 214 valence electrons. The molecule has 0 fully saturated rings. The van der Waals surface area contributed by atoms with E-state index in [2.05, 4.69) is 0 Å². The summed E-state index contributed by atoms with van der Waals surface area (Å²) in [5.74, 6) is 1.44. The van der Waals surface area contributed by atoms with Crippen molar-refractivity contribution in [3.8, 4) is 34.5 Å². The zero-order valence-corrected chi connectivity index (χ0v) is 23.6. The second-order valence-electron chi connectivity index (χ2n) is 10.3. The average molecular weight is 563 g/mol. The minimum absolute atomic E-state index is 0.0466. The van der Waals surface area contributed by atoms with E-state index in [0.717, 1.165) is 0 Å². The molecule has 2 atom stereocenters. The lowest BCUT2D eigenvalue weighted by Crippen LogP contribution is -2.18. The number of benzene rings is 5. The van der Waals surface area contributed by atoms with Crippen LogP contribution in [0.3, 0.4) is 0 Å². The lowest BCUT2D eigenvalue weighted by Gasteiger charge is -2.24. The van der Waals surface area contributed by atoms with E-state index in [1.165, 1.54) is 28.4 Å². The van der Waals surface area contributed by atoms with Crippen LogP contribution in [0.5, 0.6) is 34.5 Å². The Morgan fingerprint density at radius 1 is 0.634 bits per heavy atom. The number of aliphatic hydroxyl groups is 2. The monoisotopic (exact) mass is 562 g/mol. The number of ether oxygens (including phenoxy) is 6. The van der Waals surface area contributed by atoms with E-state index in [4.69, 9.17) is 28.4 Å². The van der Waals surface area contributed by atoms with Gasteiger partial charge in [0.1, 0.15) is 23.0 Å². The Labute approximate surface area is 234 Å². The van der Waals surface area contributed by atoms with Crippen LogP contribution in [-0.4, -0.2) is 57.7 Å². The first-order valence-electron chi connectivity index (χ1n) is 13.2. The molecule has 10 nitrogen and oxygen atoms in total. The van der Waals surface area contributed by atoms with Crippen LogP contribution in [-0.2, 0) is 12.8 Å². The Kier molecular flexibility index (Phi) is 6.35. The van der Waals surface area contributed by atoms with Crippen LogP contribution >= 0.6 is 0 Å². The first-order chi connectivity index (χ1) is 19.7. The fraction of sp³-hybridized carbons (Fsp3) is 0.355. The Morgan fingerprint density at radius 3 is 1.34 bits per heavy atom. The van der Waals surface area contributed by atoms with Gasteiger partial charge in [0.2, 0.25) is 17.7 Å². The Morgan fingerprint density at radius 2 is 1.02 bits per heavy atom. The van der Waals surface area contributed by atoms with Crippen molar-refractivity contribution in [1.82, 2.24) is 0 Å². The largest absolute Gasteiger partial charge is 0.496 e. The van der Waals surface area contributed by atoms with Crippen molar-refractivity contribution in [1.29, 1.82) is 0 Å². The van der Waals surface area contributed by atoms with Gasteiger partial charge in [-0.15, -0.1) is 0 Å². The molecule has 1 aliphatic heterocycles. The van der Waals surface area contributed by atoms with Gasteiger partial charge in [-0.3, -0.25) is 9.59 Å². The van der Waals surface area contributed by atoms with Crippen LogP contribution in [0.1, 0.15) is 25.0 Å². The predicted octanol–water partition coefficient (Wildman–Crippen LogP) is 3.51. The molecule has 1 heterocycles. The summed E-state index contributed by atoms with van der Waals surface area (Å²) in [5.41, 5.74) is 0.0749. The van der Waals surface area contributed by atoms with Crippen LogP contribution in [0.4, 0.5) is 0 Å². The minimum Gasteiger partial charge on any atom is -0.496 e. The highest BCUT2D eigenvalue weighted by Crippen LogP contribution is 2.54. The summed E-state index contributed by atoms with van der Waals surface area (Å²) >= 11 is 0.